The molecule has 1 N–H and O–H groups in total. The summed E-state index contributed by atoms with van der Waals surface area (Å²) in [7, 11) is 0. The molecule has 0 spiro atoms. The maximum atomic E-state index is 8.81. The summed E-state index contributed by atoms with van der Waals surface area (Å²) < 4.78 is 11.1. The third-order valence-corrected chi connectivity index (χ3v) is 3.72. The van der Waals surface area contributed by atoms with Crippen molar-refractivity contribution < 1.29 is 14.7 Å². The lowest BCUT2D eigenvalue weighted by atomic mass is 10.1. The average molecular weight is 276 g/mol. The van der Waals surface area contributed by atoms with Crippen LogP contribution in [0.4, 0.5) is 0 Å². The third-order valence-electron chi connectivity index (χ3n) is 2.78. The van der Waals surface area contributed by atoms with Crippen LogP contribution in [0.5, 0.6) is 11.5 Å². The monoisotopic (exact) mass is 276 g/mol. The third kappa shape index (κ3) is 2.39. The van der Waals surface area contributed by atoms with E-state index in [9.17, 15) is 0 Å². The fourth-order valence-corrected chi connectivity index (χ4v) is 2.55. The van der Waals surface area contributed by atoms with Crippen LogP contribution in [-0.4, -0.2) is 22.5 Å². The zero-order chi connectivity index (χ0) is 13.2. The Labute approximate surface area is 114 Å². The van der Waals surface area contributed by atoms with Gasteiger partial charge in [-0.25, -0.2) is 4.98 Å². The minimum absolute atomic E-state index is 0.293. The van der Waals surface area contributed by atoms with Crippen LogP contribution in [0.2, 0.25) is 0 Å². The van der Waals surface area contributed by atoms with Crippen LogP contribution in [0.15, 0.2) is 28.7 Å². The van der Waals surface area contributed by atoms with Gasteiger partial charge in [0.1, 0.15) is 35.4 Å². The standard InChI is InChI=1S/C13H12N2O3S/c1-8-7-19-13(14-8)6-17-9-2-3-10-11(15-16)5-18-12(10)4-9/h2-4,7,16H,5-6H2,1H3. The maximum absolute atomic E-state index is 8.81. The molecule has 2 aromatic rings. The molecule has 1 aliphatic heterocycles. The van der Waals surface area contributed by atoms with Crippen molar-refractivity contribution in [2.24, 2.45) is 5.16 Å². The first-order chi connectivity index (χ1) is 9.26. The molecule has 1 aromatic heterocycles. The van der Waals surface area contributed by atoms with Gasteiger partial charge in [0.25, 0.3) is 0 Å². The van der Waals surface area contributed by atoms with Crippen molar-refractivity contribution in [1.29, 1.82) is 0 Å². The van der Waals surface area contributed by atoms with Crippen LogP contribution < -0.4 is 9.47 Å². The van der Waals surface area contributed by atoms with Gasteiger partial charge in [0, 0.05) is 22.7 Å². The number of hydrogen-bond acceptors (Lipinski definition) is 6. The highest BCUT2D eigenvalue weighted by Crippen LogP contribution is 2.30. The van der Waals surface area contributed by atoms with Gasteiger partial charge in [-0.2, -0.15) is 0 Å². The number of aromatic nitrogens is 1. The first-order valence-electron chi connectivity index (χ1n) is 5.78. The van der Waals surface area contributed by atoms with Gasteiger partial charge < -0.3 is 14.7 Å². The van der Waals surface area contributed by atoms with Crippen molar-refractivity contribution in [3.8, 4) is 11.5 Å². The Bertz CT molecular complexity index is 637. The maximum Gasteiger partial charge on any atom is 0.140 e. The van der Waals surface area contributed by atoms with E-state index in [4.69, 9.17) is 14.7 Å². The second kappa shape index (κ2) is 4.89. The van der Waals surface area contributed by atoms with Gasteiger partial charge in [0.15, 0.2) is 0 Å². The summed E-state index contributed by atoms with van der Waals surface area (Å²) in [6, 6.07) is 5.47. The van der Waals surface area contributed by atoms with E-state index in [-0.39, 0.29) is 0 Å². The molecule has 0 fully saturated rings. The molecule has 0 amide bonds. The van der Waals surface area contributed by atoms with Gasteiger partial charge in [0.05, 0.1) is 0 Å². The van der Waals surface area contributed by atoms with E-state index in [0.29, 0.717) is 30.4 Å². The van der Waals surface area contributed by atoms with Crippen LogP contribution in [0.1, 0.15) is 16.3 Å². The Hall–Kier alpha value is -2.08. The zero-order valence-electron chi connectivity index (χ0n) is 10.3. The van der Waals surface area contributed by atoms with Crippen molar-refractivity contribution >= 4 is 17.0 Å². The smallest absolute Gasteiger partial charge is 0.140 e. The lowest BCUT2D eigenvalue weighted by molar-refractivity contribution is 0.302. The van der Waals surface area contributed by atoms with E-state index >= 15 is 0 Å². The van der Waals surface area contributed by atoms with Crippen molar-refractivity contribution in [2.75, 3.05) is 6.61 Å². The largest absolute Gasteiger partial charge is 0.486 e. The summed E-state index contributed by atoms with van der Waals surface area (Å²) in [5, 5.41) is 14.9. The molecule has 0 unspecified atom stereocenters. The molecule has 5 nitrogen and oxygen atoms in total. The Morgan fingerprint density at radius 3 is 3.16 bits per heavy atom. The molecule has 0 saturated carbocycles. The molecule has 3 rings (SSSR count). The summed E-state index contributed by atoms with van der Waals surface area (Å²) >= 11 is 1.58. The lowest BCUT2D eigenvalue weighted by Gasteiger charge is -2.05. The van der Waals surface area contributed by atoms with Crippen molar-refractivity contribution in [1.82, 2.24) is 4.98 Å². The van der Waals surface area contributed by atoms with Crippen molar-refractivity contribution in [3.05, 3.63) is 39.8 Å². The number of fused-ring (bicyclic) bond motifs is 1. The Morgan fingerprint density at radius 2 is 2.42 bits per heavy atom. The minimum Gasteiger partial charge on any atom is -0.486 e. The second-order valence-electron chi connectivity index (χ2n) is 4.16. The Morgan fingerprint density at radius 1 is 1.53 bits per heavy atom. The highest BCUT2D eigenvalue weighted by atomic mass is 32.1. The molecular weight excluding hydrogens is 264 g/mol. The number of oxime groups is 1. The van der Waals surface area contributed by atoms with Crippen LogP contribution in [-0.2, 0) is 6.61 Å². The molecule has 0 radical (unpaired) electrons. The number of thiazole rings is 1. The lowest BCUT2D eigenvalue weighted by Crippen LogP contribution is -2.01. The fraction of sp³-hybridized carbons (Fsp3) is 0.231. The van der Waals surface area contributed by atoms with Crippen LogP contribution in [0.25, 0.3) is 0 Å². The summed E-state index contributed by atoms with van der Waals surface area (Å²) in [4.78, 5) is 4.33. The second-order valence-corrected chi connectivity index (χ2v) is 5.11. The molecule has 98 valence electrons. The number of ether oxygens (including phenoxy) is 2. The minimum atomic E-state index is 0.293. The molecule has 1 aromatic carbocycles. The van der Waals surface area contributed by atoms with E-state index < -0.39 is 0 Å². The number of nitrogens with zero attached hydrogens (tertiary/aromatic N) is 2. The topological polar surface area (TPSA) is 63.9 Å². The summed E-state index contributed by atoms with van der Waals surface area (Å²) in [6.45, 7) is 2.69. The van der Waals surface area contributed by atoms with Gasteiger partial charge in [-0.3, -0.25) is 0 Å². The quantitative estimate of drug-likeness (QED) is 0.691. The molecule has 0 atom stereocenters. The Kier molecular flexibility index (Phi) is 3.08. The van der Waals surface area contributed by atoms with E-state index in [2.05, 4.69) is 10.1 Å². The van der Waals surface area contributed by atoms with E-state index in [1.807, 2.05) is 24.4 Å². The first-order valence-corrected chi connectivity index (χ1v) is 6.66. The predicted octanol–water partition coefficient (Wildman–Crippen LogP) is 2.60. The molecule has 1 aliphatic rings. The number of rotatable bonds is 3. The predicted molar refractivity (Wildman–Crippen MR) is 71.4 cm³/mol. The van der Waals surface area contributed by atoms with Gasteiger partial charge >= 0.3 is 0 Å². The first kappa shape index (κ1) is 12.0. The van der Waals surface area contributed by atoms with Crippen molar-refractivity contribution in [2.45, 2.75) is 13.5 Å². The average Bonchev–Trinajstić information content (AvgIpc) is 3.01. The summed E-state index contributed by atoms with van der Waals surface area (Å²) in [5.41, 5.74) is 2.35. The molecule has 0 bridgehead atoms. The van der Waals surface area contributed by atoms with E-state index in [0.717, 1.165) is 16.3 Å². The van der Waals surface area contributed by atoms with E-state index in [1.54, 1.807) is 17.4 Å². The number of aryl methyl sites for hydroxylation is 1. The van der Waals surface area contributed by atoms with Gasteiger partial charge in [-0.05, 0) is 19.1 Å². The number of hydrogen-bond donors (Lipinski definition) is 1. The Balaban J connectivity index is 1.73. The summed E-state index contributed by atoms with van der Waals surface area (Å²) in [6.07, 6.45) is 0. The SMILES string of the molecule is Cc1csc(COc2ccc3c(c2)OCC3=NO)n1. The molecule has 19 heavy (non-hydrogen) atoms. The summed E-state index contributed by atoms with van der Waals surface area (Å²) in [5.74, 6) is 1.39. The fourth-order valence-electron chi connectivity index (χ4n) is 1.87. The van der Waals surface area contributed by atoms with Crippen LogP contribution >= 0.6 is 11.3 Å². The highest BCUT2D eigenvalue weighted by Gasteiger charge is 2.20. The molecule has 0 aliphatic carbocycles. The molecule has 0 saturated heterocycles. The normalized spacial score (nSPS) is 15.3. The molecule has 2 heterocycles. The highest BCUT2D eigenvalue weighted by molar-refractivity contribution is 7.09. The zero-order valence-corrected chi connectivity index (χ0v) is 11.1. The van der Waals surface area contributed by atoms with Gasteiger partial charge in [0.2, 0.25) is 0 Å². The van der Waals surface area contributed by atoms with E-state index in [1.165, 1.54) is 0 Å². The van der Waals surface area contributed by atoms with Crippen LogP contribution in [0.3, 0.4) is 0 Å². The van der Waals surface area contributed by atoms with Gasteiger partial charge in [-0.15, -0.1) is 11.3 Å². The van der Waals surface area contributed by atoms with Crippen molar-refractivity contribution in [3.63, 3.8) is 0 Å². The van der Waals surface area contributed by atoms with Crippen LogP contribution in [0, 0.1) is 6.92 Å². The molecule has 6 heteroatoms. The van der Waals surface area contributed by atoms with Gasteiger partial charge in [-0.1, -0.05) is 5.16 Å². The molecular formula is C13H12N2O3S. The number of benzene rings is 1.